The monoisotopic (exact) mass is 588 g/mol. The molecule has 0 saturated carbocycles. The third-order valence-corrected chi connectivity index (χ3v) is 9.77. The van der Waals surface area contributed by atoms with Gasteiger partial charge in [0.15, 0.2) is 12.4 Å². The van der Waals surface area contributed by atoms with Crippen molar-refractivity contribution < 1.29 is 39.4 Å². The van der Waals surface area contributed by atoms with E-state index in [-0.39, 0.29) is 15.9 Å². The Hall–Kier alpha value is -2.64. The van der Waals surface area contributed by atoms with Gasteiger partial charge in [-0.25, -0.2) is 0 Å². The van der Waals surface area contributed by atoms with Crippen LogP contribution in [0.4, 0.5) is 0 Å². The minimum atomic E-state index is -4.37. The molecule has 0 N–H and O–H groups in total. The molecule has 0 bridgehead atoms. The van der Waals surface area contributed by atoms with Gasteiger partial charge < -0.3 is 14.2 Å². The van der Waals surface area contributed by atoms with Crippen LogP contribution in [0.3, 0.4) is 0 Å². The van der Waals surface area contributed by atoms with Crippen LogP contribution in [-0.2, 0) is 42.8 Å². The highest BCUT2D eigenvalue weighted by atomic mass is 32.2. The van der Waals surface area contributed by atoms with Gasteiger partial charge in [0.1, 0.15) is 12.2 Å². The van der Waals surface area contributed by atoms with Crippen molar-refractivity contribution in [3.05, 3.63) is 95.6 Å². The summed E-state index contributed by atoms with van der Waals surface area (Å²) in [5, 5.41) is 0. The van der Waals surface area contributed by atoms with Gasteiger partial charge in [-0.2, -0.15) is 16.8 Å². The lowest BCUT2D eigenvalue weighted by Gasteiger charge is -2.48. The quantitative estimate of drug-likeness (QED) is 0.352. The van der Waals surface area contributed by atoms with E-state index in [1.807, 2.05) is 44.2 Å². The number of rotatable bonds is 8. The SMILES string of the molecule is CO[C@@H]1O[C@H]2CC[C@H](c3ccccc3)O[C@@H]2[C@H](OS(=O)(=O)c2ccc(C)cc2)[C@H]1OS(=O)(=O)c1ccc(C)cc1. The summed E-state index contributed by atoms with van der Waals surface area (Å²) in [6.07, 6.45) is -5.00. The van der Waals surface area contributed by atoms with Crippen molar-refractivity contribution in [1.82, 2.24) is 0 Å². The smallest absolute Gasteiger partial charge is 0.297 e. The van der Waals surface area contributed by atoms with Gasteiger partial charge >= 0.3 is 0 Å². The van der Waals surface area contributed by atoms with Crippen LogP contribution in [0.5, 0.6) is 0 Å². The van der Waals surface area contributed by atoms with Gasteiger partial charge in [0.05, 0.1) is 22.0 Å². The summed E-state index contributed by atoms with van der Waals surface area (Å²) in [5.74, 6) is 0. The molecule has 0 radical (unpaired) electrons. The fourth-order valence-corrected chi connectivity index (χ4v) is 7.14. The summed E-state index contributed by atoms with van der Waals surface area (Å²) in [4.78, 5) is -0.174. The average Bonchev–Trinajstić information content (AvgIpc) is 2.94. The highest BCUT2D eigenvalue weighted by Crippen LogP contribution is 2.41. The highest BCUT2D eigenvalue weighted by molar-refractivity contribution is 7.87. The third-order valence-electron chi connectivity index (χ3n) is 7.12. The number of benzene rings is 3. The van der Waals surface area contributed by atoms with Gasteiger partial charge in [-0.3, -0.25) is 8.37 Å². The second-order valence-corrected chi connectivity index (χ2v) is 13.2. The fraction of sp³-hybridized carbons (Fsp3) is 0.379. The predicted octanol–water partition coefficient (Wildman–Crippen LogP) is 4.44. The Balaban J connectivity index is 1.53. The molecule has 2 saturated heterocycles. The van der Waals surface area contributed by atoms with E-state index in [1.54, 1.807) is 24.3 Å². The molecule has 0 unspecified atom stereocenters. The molecule has 11 heteroatoms. The van der Waals surface area contributed by atoms with Crippen LogP contribution in [0.15, 0.2) is 88.7 Å². The molecular weight excluding hydrogens is 556 g/mol. The minimum absolute atomic E-state index is 0.0781. The lowest BCUT2D eigenvalue weighted by Crippen LogP contribution is -2.62. The molecule has 40 heavy (non-hydrogen) atoms. The minimum Gasteiger partial charge on any atom is -0.365 e. The lowest BCUT2D eigenvalue weighted by molar-refractivity contribution is -0.305. The van der Waals surface area contributed by atoms with Gasteiger partial charge in [-0.15, -0.1) is 0 Å². The lowest BCUT2D eigenvalue weighted by atomic mass is 9.90. The zero-order valence-corrected chi connectivity index (χ0v) is 24.0. The molecule has 214 valence electrons. The topological polar surface area (TPSA) is 114 Å². The first-order chi connectivity index (χ1) is 19.1. The van der Waals surface area contributed by atoms with E-state index in [0.717, 1.165) is 16.7 Å². The van der Waals surface area contributed by atoms with Crippen molar-refractivity contribution in [3.8, 4) is 0 Å². The van der Waals surface area contributed by atoms with Crippen molar-refractivity contribution in [2.24, 2.45) is 0 Å². The van der Waals surface area contributed by atoms with Crippen molar-refractivity contribution in [2.75, 3.05) is 7.11 Å². The van der Waals surface area contributed by atoms with Crippen molar-refractivity contribution in [1.29, 1.82) is 0 Å². The molecule has 6 atom stereocenters. The molecule has 2 fully saturated rings. The molecule has 0 aliphatic carbocycles. The standard InChI is InChI=1S/C29H32O9S2/c1-19-9-13-22(14-10-19)39(30,31)37-27-26-25(18-17-24(35-26)21-7-5-4-6-8-21)36-29(34-3)28(27)38-40(32,33)23-15-11-20(2)12-16-23/h4-16,24-29H,17-18H2,1-3H3/t24-,25+,26+,27+,28-,29-/m1/s1. The number of hydrogen-bond acceptors (Lipinski definition) is 9. The molecule has 2 aliphatic rings. The molecule has 2 heterocycles. The zero-order valence-electron chi connectivity index (χ0n) is 22.4. The molecule has 0 aromatic heterocycles. The molecule has 5 rings (SSSR count). The van der Waals surface area contributed by atoms with Crippen LogP contribution in [0.2, 0.25) is 0 Å². The maximum Gasteiger partial charge on any atom is 0.297 e. The first kappa shape index (κ1) is 28.9. The van der Waals surface area contributed by atoms with Gasteiger partial charge in [0.25, 0.3) is 20.2 Å². The van der Waals surface area contributed by atoms with Gasteiger partial charge in [0.2, 0.25) is 0 Å². The molecule has 2 aliphatic heterocycles. The number of methoxy groups -OCH3 is 1. The van der Waals surface area contributed by atoms with E-state index in [0.29, 0.717) is 12.8 Å². The first-order valence-electron chi connectivity index (χ1n) is 13.0. The van der Waals surface area contributed by atoms with Gasteiger partial charge in [0, 0.05) is 7.11 Å². The van der Waals surface area contributed by atoms with Crippen molar-refractivity contribution in [3.63, 3.8) is 0 Å². The Morgan fingerprint density at radius 3 is 1.73 bits per heavy atom. The number of fused-ring (bicyclic) bond motifs is 1. The Labute approximate surface area is 235 Å². The Morgan fingerprint density at radius 1 is 0.675 bits per heavy atom. The number of hydrogen-bond donors (Lipinski definition) is 0. The Morgan fingerprint density at radius 2 is 1.20 bits per heavy atom. The largest absolute Gasteiger partial charge is 0.365 e. The van der Waals surface area contributed by atoms with Crippen molar-refractivity contribution in [2.45, 2.75) is 73.3 Å². The zero-order chi connectivity index (χ0) is 28.5. The van der Waals surface area contributed by atoms with Crippen LogP contribution >= 0.6 is 0 Å². The third kappa shape index (κ3) is 6.15. The molecule has 0 spiro atoms. The maximum absolute atomic E-state index is 13.5. The second kappa shape index (κ2) is 11.7. The number of aryl methyl sites for hydroxylation is 2. The molecule has 3 aromatic carbocycles. The van der Waals surface area contributed by atoms with Gasteiger partial charge in [-0.1, -0.05) is 65.7 Å². The van der Waals surface area contributed by atoms with E-state index < -0.39 is 50.9 Å². The number of ether oxygens (including phenoxy) is 3. The fourth-order valence-electron chi connectivity index (χ4n) is 4.98. The maximum atomic E-state index is 13.5. The van der Waals surface area contributed by atoms with Crippen LogP contribution in [0, 0.1) is 13.8 Å². The molecule has 9 nitrogen and oxygen atoms in total. The van der Waals surface area contributed by atoms with Crippen LogP contribution < -0.4 is 0 Å². The van der Waals surface area contributed by atoms with Crippen LogP contribution in [0.1, 0.15) is 35.6 Å². The molecular formula is C29H32O9S2. The van der Waals surface area contributed by atoms with E-state index in [2.05, 4.69) is 0 Å². The van der Waals surface area contributed by atoms with Crippen molar-refractivity contribution >= 4 is 20.2 Å². The van der Waals surface area contributed by atoms with E-state index >= 15 is 0 Å². The summed E-state index contributed by atoms with van der Waals surface area (Å²) < 4.78 is 83.1. The highest BCUT2D eigenvalue weighted by Gasteiger charge is 2.54. The predicted molar refractivity (Wildman–Crippen MR) is 145 cm³/mol. The van der Waals surface area contributed by atoms with Gasteiger partial charge in [-0.05, 0) is 56.5 Å². The Kier molecular flexibility index (Phi) is 8.44. The average molecular weight is 589 g/mol. The van der Waals surface area contributed by atoms with E-state index in [4.69, 9.17) is 22.6 Å². The summed E-state index contributed by atoms with van der Waals surface area (Å²) in [5.41, 5.74) is 2.64. The van der Waals surface area contributed by atoms with E-state index in [9.17, 15) is 16.8 Å². The summed E-state index contributed by atoms with van der Waals surface area (Å²) in [6.45, 7) is 3.67. The summed E-state index contributed by atoms with van der Waals surface area (Å²) >= 11 is 0. The molecule has 3 aromatic rings. The first-order valence-corrected chi connectivity index (χ1v) is 15.8. The normalized spacial score (nSPS) is 27.2. The van der Waals surface area contributed by atoms with E-state index in [1.165, 1.54) is 31.4 Å². The summed E-state index contributed by atoms with van der Waals surface area (Å²) in [6, 6.07) is 21.8. The molecule has 0 amide bonds. The Bertz CT molecular complexity index is 1510. The van der Waals surface area contributed by atoms with Crippen LogP contribution in [0.25, 0.3) is 0 Å². The summed E-state index contributed by atoms with van der Waals surface area (Å²) in [7, 11) is -7.40. The van der Waals surface area contributed by atoms with Crippen LogP contribution in [-0.4, -0.2) is 54.7 Å². The second-order valence-electron chi connectivity index (χ2n) is 10.0.